The predicted octanol–water partition coefficient (Wildman–Crippen LogP) is 4.33. The summed E-state index contributed by atoms with van der Waals surface area (Å²) in [5.74, 6) is -0.863. The van der Waals surface area contributed by atoms with Crippen LogP contribution in [0, 0.1) is 5.92 Å². The molecule has 24 heavy (non-hydrogen) atoms. The van der Waals surface area contributed by atoms with E-state index in [4.69, 9.17) is 19.2 Å². The zero-order valence-electron chi connectivity index (χ0n) is 15.7. The Hall–Kier alpha value is -1.17. The second-order valence-corrected chi connectivity index (χ2v) is 6.45. The van der Waals surface area contributed by atoms with Crippen LogP contribution in [0.25, 0.3) is 0 Å². The number of unbranched alkanes of at least 4 members (excludes halogenated alkanes) is 1. The molecule has 0 radical (unpaired) electrons. The molecule has 0 N–H and O–H groups in total. The third kappa shape index (κ3) is 6.75. The van der Waals surface area contributed by atoms with E-state index in [9.17, 15) is 4.79 Å². The molecule has 5 heteroatoms. The van der Waals surface area contributed by atoms with Crippen LogP contribution in [0.4, 0.5) is 0 Å². The van der Waals surface area contributed by atoms with E-state index < -0.39 is 5.79 Å². The van der Waals surface area contributed by atoms with E-state index >= 15 is 0 Å². The van der Waals surface area contributed by atoms with Crippen molar-refractivity contribution in [2.24, 2.45) is 5.92 Å². The molecule has 0 unspecified atom stereocenters. The molecule has 0 aromatic carbocycles. The van der Waals surface area contributed by atoms with E-state index in [1.54, 1.807) is 7.11 Å². The van der Waals surface area contributed by atoms with Gasteiger partial charge in [0.1, 0.15) is 6.10 Å². The summed E-state index contributed by atoms with van der Waals surface area (Å²) >= 11 is 0. The SMILES string of the molecule is CCC=C(C)/C=C/CCC[C@]1(OC)C[C@H](C)[C@H](CC(=O)OC)OO1. The molecule has 1 heterocycles. The van der Waals surface area contributed by atoms with Crippen LogP contribution in [0.5, 0.6) is 0 Å². The number of hydrogen-bond acceptors (Lipinski definition) is 5. The molecule has 0 bridgehead atoms. The van der Waals surface area contributed by atoms with Gasteiger partial charge in [0.15, 0.2) is 0 Å². The topological polar surface area (TPSA) is 54.0 Å². The Balaban J connectivity index is 2.45. The van der Waals surface area contributed by atoms with E-state index in [1.165, 1.54) is 12.7 Å². The van der Waals surface area contributed by atoms with E-state index in [0.29, 0.717) is 6.42 Å². The minimum atomic E-state index is -0.728. The molecule has 1 saturated heterocycles. The zero-order valence-corrected chi connectivity index (χ0v) is 15.7. The first-order valence-electron chi connectivity index (χ1n) is 8.76. The van der Waals surface area contributed by atoms with Crippen LogP contribution in [-0.2, 0) is 24.0 Å². The molecular weight excluding hydrogens is 308 g/mol. The number of allylic oxidation sites excluding steroid dienone is 4. The molecule has 1 aliphatic heterocycles. The summed E-state index contributed by atoms with van der Waals surface area (Å²) in [6, 6.07) is 0. The molecular formula is C19H32O5. The number of hydrogen-bond donors (Lipinski definition) is 0. The fraction of sp³-hybridized carbons (Fsp3) is 0.737. The summed E-state index contributed by atoms with van der Waals surface area (Å²) in [6.07, 6.45) is 10.8. The van der Waals surface area contributed by atoms with Gasteiger partial charge in [0.05, 0.1) is 13.5 Å². The maximum atomic E-state index is 11.4. The second kappa shape index (κ2) is 10.6. The Morgan fingerprint density at radius 2 is 2.12 bits per heavy atom. The number of ether oxygens (including phenoxy) is 2. The van der Waals surface area contributed by atoms with Crippen molar-refractivity contribution in [2.75, 3.05) is 14.2 Å². The van der Waals surface area contributed by atoms with Crippen LogP contribution in [0.2, 0.25) is 0 Å². The molecule has 3 atom stereocenters. The van der Waals surface area contributed by atoms with Crippen LogP contribution in [-0.4, -0.2) is 32.1 Å². The standard InChI is InChI=1S/C19H32O5/c1-6-10-15(2)11-8-7-9-12-19(22-5)14-16(3)17(23-24-19)13-18(20)21-4/h8,10-11,16-17H,6-7,9,12-14H2,1-5H3/b11-8+,15-10?/t16-,17-,19+/m0/s1. The molecule has 0 aliphatic carbocycles. The highest BCUT2D eigenvalue weighted by Gasteiger charge is 2.42. The Morgan fingerprint density at radius 1 is 1.38 bits per heavy atom. The monoisotopic (exact) mass is 340 g/mol. The summed E-state index contributed by atoms with van der Waals surface area (Å²) in [5, 5.41) is 0. The summed E-state index contributed by atoms with van der Waals surface area (Å²) in [4.78, 5) is 22.4. The van der Waals surface area contributed by atoms with E-state index in [1.807, 2.05) is 6.92 Å². The van der Waals surface area contributed by atoms with Gasteiger partial charge < -0.3 is 9.47 Å². The number of rotatable bonds is 9. The maximum absolute atomic E-state index is 11.4. The molecule has 0 saturated carbocycles. The molecule has 0 amide bonds. The predicted molar refractivity (Wildman–Crippen MR) is 93.2 cm³/mol. The lowest BCUT2D eigenvalue weighted by molar-refractivity contribution is -0.475. The van der Waals surface area contributed by atoms with Gasteiger partial charge in [-0.05, 0) is 32.1 Å². The molecule has 1 aliphatic rings. The van der Waals surface area contributed by atoms with Crippen molar-refractivity contribution in [1.29, 1.82) is 0 Å². The largest absolute Gasteiger partial charge is 0.469 e. The smallest absolute Gasteiger partial charge is 0.308 e. The fourth-order valence-electron chi connectivity index (χ4n) is 2.89. The Bertz CT molecular complexity index is 443. The number of carbonyl (C=O) groups is 1. The molecule has 0 aromatic rings. The lowest BCUT2D eigenvalue weighted by Crippen LogP contribution is -2.46. The third-order valence-corrected chi connectivity index (χ3v) is 4.39. The van der Waals surface area contributed by atoms with Crippen molar-refractivity contribution >= 4 is 5.97 Å². The molecule has 1 fully saturated rings. The van der Waals surface area contributed by atoms with Crippen molar-refractivity contribution in [2.45, 2.75) is 71.2 Å². The molecule has 138 valence electrons. The summed E-state index contributed by atoms with van der Waals surface area (Å²) in [7, 11) is 3.02. The summed E-state index contributed by atoms with van der Waals surface area (Å²) < 4.78 is 10.3. The highest BCUT2D eigenvalue weighted by molar-refractivity contribution is 5.69. The third-order valence-electron chi connectivity index (χ3n) is 4.39. The maximum Gasteiger partial charge on any atom is 0.308 e. The quantitative estimate of drug-likeness (QED) is 0.271. The van der Waals surface area contributed by atoms with Gasteiger partial charge in [0.2, 0.25) is 5.79 Å². The van der Waals surface area contributed by atoms with Crippen LogP contribution < -0.4 is 0 Å². The Kier molecular flexibility index (Phi) is 9.26. The average Bonchev–Trinajstić information content (AvgIpc) is 2.57. The van der Waals surface area contributed by atoms with Gasteiger partial charge in [-0.3, -0.25) is 4.79 Å². The van der Waals surface area contributed by atoms with Gasteiger partial charge >= 0.3 is 5.97 Å². The Morgan fingerprint density at radius 3 is 2.71 bits per heavy atom. The van der Waals surface area contributed by atoms with E-state index in [-0.39, 0.29) is 24.4 Å². The van der Waals surface area contributed by atoms with E-state index in [0.717, 1.165) is 25.7 Å². The molecule has 0 aromatic heterocycles. The van der Waals surface area contributed by atoms with Gasteiger partial charge in [-0.2, -0.15) is 0 Å². The van der Waals surface area contributed by atoms with E-state index in [2.05, 4.69) is 32.1 Å². The average molecular weight is 340 g/mol. The summed E-state index contributed by atoms with van der Waals surface area (Å²) in [6.45, 7) is 6.29. The van der Waals surface area contributed by atoms with Gasteiger partial charge in [-0.1, -0.05) is 37.6 Å². The van der Waals surface area contributed by atoms with Crippen LogP contribution in [0.1, 0.15) is 59.3 Å². The lowest BCUT2D eigenvalue weighted by Gasteiger charge is -2.40. The highest BCUT2D eigenvalue weighted by atomic mass is 17.2. The first kappa shape index (κ1) is 20.9. The van der Waals surface area contributed by atoms with Crippen molar-refractivity contribution in [3.05, 3.63) is 23.8 Å². The van der Waals surface area contributed by atoms with Crippen LogP contribution >= 0.6 is 0 Å². The van der Waals surface area contributed by atoms with Crippen molar-refractivity contribution in [3.63, 3.8) is 0 Å². The number of carbonyl (C=O) groups excluding carboxylic acids is 1. The Labute approximate surface area is 145 Å². The van der Waals surface area contributed by atoms with Crippen molar-refractivity contribution in [1.82, 2.24) is 0 Å². The minimum Gasteiger partial charge on any atom is -0.469 e. The first-order chi connectivity index (χ1) is 11.5. The van der Waals surface area contributed by atoms with Crippen molar-refractivity contribution in [3.8, 4) is 0 Å². The lowest BCUT2D eigenvalue weighted by atomic mass is 9.90. The van der Waals surface area contributed by atoms with Crippen LogP contribution in [0.3, 0.4) is 0 Å². The molecule has 1 rings (SSSR count). The fourth-order valence-corrected chi connectivity index (χ4v) is 2.89. The second-order valence-electron chi connectivity index (χ2n) is 6.45. The number of methoxy groups -OCH3 is 2. The molecule has 5 nitrogen and oxygen atoms in total. The minimum absolute atomic E-state index is 0.156. The summed E-state index contributed by atoms with van der Waals surface area (Å²) in [5.41, 5.74) is 1.29. The van der Waals surface area contributed by atoms with Crippen LogP contribution in [0.15, 0.2) is 23.8 Å². The van der Waals surface area contributed by atoms with Crippen molar-refractivity contribution < 1.29 is 24.0 Å². The molecule has 0 spiro atoms. The first-order valence-corrected chi connectivity index (χ1v) is 8.76. The van der Waals surface area contributed by atoms with Gasteiger partial charge in [-0.15, -0.1) is 0 Å². The number of esters is 1. The zero-order chi connectivity index (χ0) is 18.0. The van der Waals surface area contributed by atoms with Gasteiger partial charge in [0, 0.05) is 20.0 Å². The van der Waals surface area contributed by atoms with Gasteiger partial charge in [0.25, 0.3) is 0 Å². The van der Waals surface area contributed by atoms with Gasteiger partial charge in [-0.25, -0.2) is 9.78 Å². The highest BCUT2D eigenvalue weighted by Crippen LogP contribution is 2.36. The normalized spacial score (nSPS) is 28.3.